The molecule has 1 unspecified atom stereocenters. The van der Waals surface area contributed by atoms with Gasteiger partial charge in [-0.05, 0) is 38.7 Å². The fourth-order valence-electron chi connectivity index (χ4n) is 1.57. The minimum Gasteiger partial charge on any atom is -0.388 e. The molecule has 0 heterocycles. The quantitative estimate of drug-likeness (QED) is 0.731. The summed E-state index contributed by atoms with van der Waals surface area (Å²) in [6.07, 6.45) is 2.28. The highest BCUT2D eigenvalue weighted by Gasteiger charge is 2.15. The molecular weight excluding hydrogens is 212 g/mol. The van der Waals surface area contributed by atoms with Crippen LogP contribution in [0.2, 0.25) is 0 Å². The van der Waals surface area contributed by atoms with Gasteiger partial charge in [0.05, 0.1) is 11.7 Å². The van der Waals surface area contributed by atoms with Crippen molar-refractivity contribution in [1.82, 2.24) is 0 Å². The van der Waals surface area contributed by atoms with Crippen molar-refractivity contribution < 1.29 is 9.84 Å². The Labute approximate surface area is 105 Å². The lowest BCUT2D eigenvalue weighted by Gasteiger charge is -2.23. The molecule has 0 fully saturated rings. The summed E-state index contributed by atoms with van der Waals surface area (Å²) in [6.45, 7) is 7.03. The van der Waals surface area contributed by atoms with Gasteiger partial charge < -0.3 is 9.84 Å². The molecule has 1 rings (SSSR count). The predicted octanol–water partition coefficient (Wildman–Crippen LogP) is 3.71. The van der Waals surface area contributed by atoms with E-state index in [1.54, 1.807) is 0 Å². The van der Waals surface area contributed by atoms with Crippen LogP contribution in [0.3, 0.4) is 0 Å². The van der Waals surface area contributed by atoms with Crippen LogP contribution in [0, 0.1) is 0 Å². The molecular formula is C15H24O2. The summed E-state index contributed by atoms with van der Waals surface area (Å²) in [4.78, 5) is 0. The van der Waals surface area contributed by atoms with Gasteiger partial charge in [-0.1, -0.05) is 37.3 Å². The third kappa shape index (κ3) is 5.33. The average molecular weight is 236 g/mol. The van der Waals surface area contributed by atoms with Crippen molar-refractivity contribution in [2.45, 2.75) is 51.7 Å². The summed E-state index contributed by atoms with van der Waals surface area (Å²) < 4.78 is 5.75. The van der Waals surface area contributed by atoms with Gasteiger partial charge in [-0.25, -0.2) is 0 Å². The number of rotatable bonds is 7. The van der Waals surface area contributed by atoms with Crippen LogP contribution in [0.15, 0.2) is 30.3 Å². The molecule has 0 aliphatic carbocycles. The molecule has 0 amide bonds. The first-order chi connectivity index (χ1) is 8.05. The molecule has 1 N–H and O–H groups in total. The topological polar surface area (TPSA) is 29.5 Å². The first-order valence-corrected chi connectivity index (χ1v) is 6.42. The molecule has 0 aromatic heterocycles. The van der Waals surface area contributed by atoms with Gasteiger partial charge >= 0.3 is 0 Å². The van der Waals surface area contributed by atoms with E-state index in [9.17, 15) is 5.11 Å². The van der Waals surface area contributed by atoms with Crippen LogP contribution in [-0.2, 0) is 4.74 Å². The van der Waals surface area contributed by atoms with Crippen LogP contribution in [-0.4, -0.2) is 17.3 Å². The van der Waals surface area contributed by atoms with Gasteiger partial charge in [-0.3, -0.25) is 0 Å². The van der Waals surface area contributed by atoms with Crippen LogP contribution in [0.1, 0.15) is 51.7 Å². The van der Waals surface area contributed by atoms with E-state index < -0.39 is 0 Å². The summed E-state index contributed by atoms with van der Waals surface area (Å²) in [7, 11) is 0. The first-order valence-electron chi connectivity index (χ1n) is 6.42. The lowest BCUT2D eigenvalue weighted by atomic mass is 10.0. The molecule has 1 aromatic carbocycles. The zero-order valence-electron chi connectivity index (χ0n) is 11.1. The second-order valence-electron chi connectivity index (χ2n) is 5.03. The molecule has 1 aromatic rings. The average Bonchev–Trinajstić information content (AvgIpc) is 2.35. The SMILES string of the molecule is CCC(C)(C)OCCCC(O)c1ccccc1. The smallest absolute Gasteiger partial charge is 0.0790 e. The highest BCUT2D eigenvalue weighted by atomic mass is 16.5. The summed E-state index contributed by atoms with van der Waals surface area (Å²) >= 11 is 0. The molecule has 17 heavy (non-hydrogen) atoms. The van der Waals surface area contributed by atoms with Crippen LogP contribution < -0.4 is 0 Å². The molecule has 0 bridgehead atoms. The monoisotopic (exact) mass is 236 g/mol. The largest absolute Gasteiger partial charge is 0.388 e. The maximum atomic E-state index is 9.95. The van der Waals surface area contributed by atoms with E-state index in [0.29, 0.717) is 6.61 Å². The summed E-state index contributed by atoms with van der Waals surface area (Å²) in [5, 5.41) is 9.95. The first kappa shape index (κ1) is 14.2. The Bertz CT molecular complexity index is 306. The van der Waals surface area contributed by atoms with Crippen LogP contribution in [0.5, 0.6) is 0 Å². The number of hydrogen-bond acceptors (Lipinski definition) is 2. The fraction of sp³-hybridized carbons (Fsp3) is 0.600. The van der Waals surface area contributed by atoms with Crippen LogP contribution in [0.4, 0.5) is 0 Å². The number of ether oxygens (including phenoxy) is 1. The molecule has 1 atom stereocenters. The number of aliphatic hydroxyl groups excluding tert-OH is 1. The molecule has 2 nitrogen and oxygen atoms in total. The predicted molar refractivity (Wildman–Crippen MR) is 71.0 cm³/mol. The van der Waals surface area contributed by atoms with Gasteiger partial charge in [0.25, 0.3) is 0 Å². The number of aliphatic hydroxyl groups is 1. The van der Waals surface area contributed by atoms with Gasteiger partial charge in [0, 0.05) is 6.61 Å². The molecule has 0 aliphatic heterocycles. The fourth-order valence-corrected chi connectivity index (χ4v) is 1.57. The third-order valence-corrected chi connectivity index (χ3v) is 3.15. The van der Waals surface area contributed by atoms with Crippen molar-refractivity contribution in [1.29, 1.82) is 0 Å². The normalized spacial score (nSPS) is 13.6. The van der Waals surface area contributed by atoms with E-state index in [1.807, 2.05) is 30.3 Å². The minimum atomic E-state index is -0.371. The Morgan fingerprint density at radius 3 is 2.47 bits per heavy atom. The van der Waals surface area contributed by atoms with E-state index in [4.69, 9.17) is 4.74 Å². The maximum absolute atomic E-state index is 9.95. The molecule has 2 heteroatoms. The Kier molecular flexibility index (Phi) is 5.66. The Morgan fingerprint density at radius 2 is 1.88 bits per heavy atom. The van der Waals surface area contributed by atoms with Crippen molar-refractivity contribution in [3.63, 3.8) is 0 Å². The van der Waals surface area contributed by atoms with Crippen molar-refractivity contribution in [2.24, 2.45) is 0 Å². The Morgan fingerprint density at radius 1 is 1.24 bits per heavy atom. The van der Waals surface area contributed by atoms with Gasteiger partial charge in [0.15, 0.2) is 0 Å². The van der Waals surface area contributed by atoms with Crippen molar-refractivity contribution in [3.05, 3.63) is 35.9 Å². The van der Waals surface area contributed by atoms with Gasteiger partial charge in [0.2, 0.25) is 0 Å². The summed E-state index contributed by atoms with van der Waals surface area (Å²) in [5.41, 5.74) is 0.944. The minimum absolute atomic E-state index is 0.0439. The molecule has 0 radical (unpaired) electrons. The molecule has 0 saturated heterocycles. The molecule has 0 aliphatic rings. The second-order valence-corrected chi connectivity index (χ2v) is 5.03. The highest BCUT2D eigenvalue weighted by Crippen LogP contribution is 2.19. The van der Waals surface area contributed by atoms with E-state index in [2.05, 4.69) is 20.8 Å². The zero-order chi connectivity index (χ0) is 12.7. The van der Waals surface area contributed by atoms with E-state index in [1.165, 1.54) is 0 Å². The summed E-state index contributed by atoms with van der Waals surface area (Å²) in [6, 6.07) is 9.79. The van der Waals surface area contributed by atoms with Gasteiger partial charge in [0.1, 0.15) is 0 Å². The van der Waals surface area contributed by atoms with Crippen molar-refractivity contribution in [3.8, 4) is 0 Å². The lowest BCUT2D eigenvalue weighted by molar-refractivity contribution is -0.0249. The molecule has 0 saturated carbocycles. The Balaban J connectivity index is 2.24. The van der Waals surface area contributed by atoms with E-state index in [-0.39, 0.29) is 11.7 Å². The van der Waals surface area contributed by atoms with Crippen LogP contribution in [0.25, 0.3) is 0 Å². The standard InChI is InChI=1S/C15H24O2/c1-4-15(2,3)17-12-8-11-14(16)13-9-6-5-7-10-13/h5-7,9-10,14,16H,4,8,11-12H2,1-3H3. The molecule has 0 spiro atoms. The van der Waals surface area contributed by atoms with E-state index in [0.717, 1.165) is 24.8 Å². The van der Waals surface area contributed by atoms with Crippen molar-refractivity contribution >= 4 is 0 Å². The third-order valence-electron chi connectivity index (χ3n) is 3.15. The molecule has 96 valence electrons. The van der Waals surface area contributed by atoms with Gasteiger partial charge in [-0.2, -0.15) is 0 Å². The number of benzene rings is 1. The lowest BCUT2D eigenvalue weighted by Crippen LogP contribution is -2.23. The van der Waals surface area contributed by atoms with Crippen molar-refractivity contribution in [2.75, 3.05) is 6.61 Å². The maximum Gasteiger partial charge on any atom is 0.0790 e. The van der Waals surface area contributed by atoms with Gasteiger partial charge in [-0.15, -0.1) is 0 Å². The summed E-state index contributed by atoms with van der Waals surface area (Å²) in [5.74, 6) is 0. The van der Waals surface area contributed by atoms with Crippen LogP contribution >= 0.6 is 0 Å². The zero-order valence-corrected chi connectivity index (χ0v) is 11.1. The van der Waals surface area contributed by atoms with E-state index >= 15 is 0 Å². The Hall–Kier alpha value is -0.860. The second kappa shape index (κ2) is 6.77. The number of hydrogen-bond donors (Lipinski definition) is 1. The highest BCUT2D eigenvalue weighted by molar-refractivity contribution is 5.16.